The van der Waals surface area contributed by atoms with Crippen LogP contribution in [0.25, 0.3) is 0 Å². The van der Waals surface area contributed by atoms with Crippen LogP contribution in [0, 0.1) is 0 Å². The van der Waals surface area contributed by atoms with E-state index in [1.807, 2.05) is 36.4 Å². The first-order chi connectivity index (χ1) is 8.70. The fourth-order valence-corrected chi connectivity index (χ4v) is 1.76. The van der Waals surface area contributed by atoms with Crippen molar-refractivity contribution < 1.29 is 10.0 Å². The van der Waals surface area contributed by atoms with Crippen molar-refractivity contribution in [3.05, 3.63) is 66.2 Å². The van der Waals surface area contributed by atoms with E-state index < -0.39 is 0 Å². The lowest BCUT2D eigenvalue weighted by atomic mass is 10.0. The molecule has 0 fully saturated rings. The number of benzene rings is 2. The van der Waals surface area contributed by atoms with Crippen LogP contribution in [0.1, 0.15) is 18.4 Å². The van der Waals surface area contributed by atoms with E-state index in [1.165, 1.54) is 0 Å². The van der Waals surface area contributed by atoms with Crippen LogP contribution in [0.2, 0.25) is 0 Å². The van der Waals surface area contributed by atoms with Gasteiger partial charge < -0.3 is 0 Å². The molecule has 0 aliphatic rings. The molecule has 0 aromatic heterocycles. The summed E-state index contributed by atoms with van der Waals surface area (Å²) < 4.78 is 0. The summed E-state index contributed by atoms with van der Waals surface area (Å²) in [5.74, 6) is -0.719. The number of nitrogens with zero attached hydrogens (tertiary/aromatic N) is 1. The second kappa shape index (κ2) is 5.47. The van der Waals surface area contributed by atoms with E-state index in [4.69, 9.17) is 0 Å². The number of carbonyl (C=O) groups is 1. The quantitative estimate of drug-likeness (QED) is 0.662. The van der Waals surface area contributed by atoms with Gasteiger partial charge in [0.2, 0.25) is 0 Å². The summed E-state index contributed by atoms with van der Waals surface area (Å²) in [6.45, 7) is 1.78. The fraction of sp³-hybridized carbons (Fsp3) is 0.133. The zero-order chi connectivity index (χ0) is 13.0. The molecule has 2 aromatic carbocycles. The molecule has 0 heterocycles. The van der Waals surface area contributed by atoms with Gasteiger partial charge >= 0.3 is 0 Å². The Labute approximate surface area is 106 Å². The van der Waals surface area contributed by atoms with Gasteiger partial charge in [-0.25, -0.2) is 0 Å². The van der Waals surface area contributed by atoms with Crippen LogP contribution < -0.4 is 5.06 Å². The summed E-state index contributed by atoms with van der Waals surface area (Å²) in [4.78, 5) is 12.1. The van der Waals surface area contributed by atoms with Gasteiger partial charge in [0, 0.05) is 0 Å². The highest BCUT2D eigenvalue weighted by atomic mass is 16.5. The van der Waals surface area contributed by atoms with Crippen molar-refractivity contribution >= 4 is 11.6 Å². The molecule has 0 radical (unpaired) electrons. The zero-order valence-corrected chi connectivity index (χ0v) is 10.2. The fourth-order valence-electron chi connectivity index (χ4n) is 1.76. The van der Waals surface area contributed by atoms with Gasteiger partial charge in [0.25, 0.3) is 5.91 Å². The van der Waals surface area contributed by atoms with E-state index in [9.17, 15) is 10.0 Å². The summed E-state index contributed by atoms with van der Waals surface area (Å²) >= 11 is 0. The third kappa shape index (κ3) is 2.57. The molecule has 92 valence electrons. The molecule has 0 spiro atoms. The average Bonchev–Trinajstić information content (AvgIpc) is 2.47. The van der Waals surface area contributed by atoms with Gasteiger partial charge in [-0.1, -0.05) is 48.5 Å². The summed E-state index contributed by atoms with van der Waals surface area (Å²) in [7, 11) is 0. The van der Waals surface area contributed by atoms with Gasteiger partial charge in [-0.15, -0.1) is 0 Å². The molecule has 18 heavy (non-hydrogen) atoms. The lowest BCUT2D eigenvalue weighted by Gasteiger charge is -2.19. The molecule has 1 N–H and O–H groups in total. The Bertz CT molecular complexity index is 463. The number of amides is 1. The van der Waals surface area contributed by atoms with Crippen molar-refractivity contribution in [1.82, 2.24) is 0 Å². The highest BCUT2D eigenvalue weighted by molar-refractivity contribution is 5.95. The first kappa shape index (κ1) is 12.3. The molecule has 0 aliphatic heterocycles. The number of para-hydroxylation sites is 1. The molecule has 2 rings (SSSR count). The lowest BCUT2D eigenvalue weighted by molar-refractivity contribution is -0.124. The Morgan fingerprint density at radius 1 is 1.00 bits per heavy atom. The summed E-state index contributed by atoms with van der Waals surface area (Å²) in [5, 5.41) is 10.6. The minimum absolute atomic E-state index is 0.340. The predicted molar refractivity (Wildman–Crippen MR) is 70.6 cm³/mol. The van der Waals surface area contributed by atoms with E-state index in [1.54, 1.807) is 31.2 Å². The topological polar surface area (TPSA) is 40.5 Å². The molecule has 1 unspecified atom stereocenters. The van der Waals surface area contributed by atoms with Crippen LogP contribution in [-0.4, -0.2) is 11.1 Å². The minimum Gasteiger partial charge on any atom is -0.281 e. The lowest BCUT2D eigenvalue weighted by Crippen LogP contribution is -2.31. The van der Waals surface area contributed by atoms with Crippen LogP contribution in [0.4, 0.5) is 5.69 Å². The third-order valence-electron chi connectivity index (χ3n) is 2.88. The molecule has 1 amide bonds. The van der Waals surface area contributed by atoms with Gasteiger partial charge in [-0.3, -0.25) is 10.0 Å². The van der Waals surface area contributed by atoms with E-state index in [2.05, 4.69) is 0 Å². The number of rotatable bonds is 3. The van der Waals surface area contributed by atoms with Crippen LogP contribution in [0.15, 0.2) is 60.7 Å². The Kier molecular flexibility index (Phi) is 3.75. The van der Waals surface area contributed by atoms with Crippen molar-refractivity contribution in [2.45, 2.75) is 12.8 Å². The second-order valence-electron chi connectivity index (χ2n) is 4.12. The number of hydrogen-bond donors (Lipinski definition) is 1. The highest BCUT2D eigenvalue weighted by Crippen LogP contribution is 2.20. The molecule has 3 nitrogen and oxygen atoms in total. The Morgan fingerprint density at radius 3 is 2.06 bits per heavy atom. The molecule has 0 bridgehead atoms. The minimum atomic E-state index is -0.378. The van der Waals surface area contributed by atoms with Crippen LogP contribution >= 0.6 is 0 Å². The van der Waals surface area contributed by atoms with Crippen molar-refractivity contribution in [3.63, 3.8) is 0 Å². The van der Waals surface area contributed by atoms with Gasteiger partial charge in [0.05, 0.1) is 11.6 Å². The van der Waals surface area contributed by atoms with E-state index >= 15 is 0 Å². The Hall–Kier alpha value is -2.13. The van der Waals surface area contributed by atoms with Crippen LogP contribution in [0.5, 0.6) is 0 Å². The largest absolute Gasteiger partial charge is 0.281 e. The third-order valence-corrected chi connectivity index (χ3v) is 2.88. The maximum atomic E-state index is 12.1. The molecule has 1 atom stereocenters. The Morgan fingerprint density at radius 2 is 1.50 bits per heavy atom. The monoisotopic (exact) mass is 241 g/mol. The van der Waals surface area contributed by atoms with Gasteiger partial charge in [-0.05, 0) is 24.6 Å². The number of hydrogen-bond acceptors (Lipinski definition) is 2. The second-order valence-corrected chi connectivity index (χ2v) is 4.12. The van der Waals surface area contributed by atoms with E-state index in [-0.39, 0.29) is 11.8 Å². The molecular weight excluding hydrogens is 226 g/mol. The normalized spacial score (nSPS) is 11.9. The van der Waals surface area contributed by atoms with Gasteiger partial charge in [0.1, 0.15) is 0 Å². The summed E-state index contributed by atoms with van der Waals surface area (Å²) in [6, 6.07) is 18.2. The Balaban J connectivity index is 2.17. The van der Waals surface area contributed by atoms with Crippen molar-refractivity contribution in [3.8, 4) is 0 Å². The van der Waals surface area contributed by atoms with E-state index in [0.717, 1.165) is 5.56 Å². The number of carbonyl (C=O) groups excluding carboxylic acids is 1. The zero-order valence-electron chi connectivity index (χ0n) is 10.2. The standard InChI is InChI=1S/C15H15NO2/c1-12(13-8-4-2-5-9-13)15(17)16(18)14-10-6-3-7-11-14/h2-12,18H,1H3. The summed E-state index contributed by atoms with van der Waals surface area (Å²) in [5.41, 5.74) is 1.36. The molecule has 3 heteroatoms. The maximum absolute atomic E-state index is 12.1. The number of hydroxylamine groups is 1. The molecule has 2 aromatic rings. The van der Waals surface area contributed by atoms with Gasteiger partial charge in [0.15, 0.2) is 0 Å². The van der Waals surface area contributed by atoms with E-state index in [0.29, 0.717) is 10.8 Å². The van der Waals surface area contributed by atoms with Crippen LogP contribution in [-0.2, 0) is 4.79 Å². The molecule has 0 saturated carbocycles. The van der Waals surface area contributed by atoms with Crippen molar-refractivity contribution in [2.24, 2.45) is 0 Å². The van der Waals surface area contributed by atoms with Crippen molar-refractivity contribution in [1.29, 1.82) is 0 Å². The molecule has 0 aliphatic carbocycles. The van der Waals surface area contributed by atoms with Gasteiger partial charge in [-0.2, -0.15) is 5.06 Å². The van der Waals surface area contributed by atoms with Crippen LogP contribution in [0.3, 0.4) is 0 Å². The maximum Gasteiger partial charge on any atom is 0.257 e. The van der Waals surface area contributed by atoms with Crippen molar-refractivity contribution in [2.75, 3.05) is 5.06 Å². The first-order valence-corrected chi connectivity index (χ1v) is 5.83. The average molecular weight is 241 g/mol. The number of anilines is 1. The summed E-state index contributed by atoms with van der Waals surface area (Å²) in [6.07, 6.45) is 0. The predicted octanol–water partition coefficient (Wildman–Crippen LogP) is 3.21. The SMILES string of the molecule is CC(C(=O)N(O)c1ccccc1)c1ccccc1. The molecule has 0 saturated heterocycles. The molecular formula is C15H15NO2. The highest BCUT2D eigenvalue weighted by Gasteiger charge is 2.21. The first-order valence-electron chi connectivity index (χ1n) is 5.83. The smallest absolute Gasteiger partial charge is 0.257 e.